The molecule has 0 aliphatic carbocycles. The summed E-state index contributed by atoms with van der Waals surface area (Å²) in [5.74, 6) is 0.517. The van der Waals surface area contributed by atoms with Gasteiger partial charge in [-0.2, -0.15) is 0 Å². The molecule has 1 unspecified atom stereocenters. The molecule has 6 heteroatoms. The highest BCUT2D eigenvalue weighted by atomic mass is 16.5. The SMILES string of the molecule is CCC(C)c1ccc(Cc2cc([C@@H]3O[C@H](CO)[C@@H](O)[C@H](O)[C@H]3O)ccc2N)cc1. The average molecular weight is 402 g/mol. The molecule has 1 aliphatic heterocycles. The van der Waals surface area contributed by atoms with Crippen LogP contribution in [0.25, 0.3) is 0 Å². The highest BCUT2D eigenvalue weighted by Crippen LogP contribution is 2.34. The molecule has 0 aromatic heterocycles. The van der Waals surface area contributed by atoms with Crippen LogP contribution >= 0.6 is 0 Å². The van der Waals surface area contributed by atoms with Crippen LogP contribution in [0.4, 0.5) is 5.69 Å². The van der Waals surface area contributed by atoms with Crippen LogP contribution in [0, 0.1) is 0 Å². The lowest BCUT2D eigenvalue weighted by molar-refractivity contribution is -0.231. The molecule has 6 atom stereocenters. The Morgan fingerprint density at radius 3 is 2.31 bits per heavy atom. The summed E-state index contributed by atoms with van der Waals surface area (Å²) in [5, 5.41) is 39.8. The molecular weight excluding hydrogens is 370 g/mol. The first kappa shape index (κ1) is 21.7. The zero-order valence-corrected chi connectivity index (χ0v) is 16.9. The van der Waals surface area contributed by atoms with Gasteiger partial charge in [0.05, 0.1) is 6.61 Å². The van der Waals surface area contributed by atoms with Crippen molar-refractivity contribution in [3.8, 4) is 0 Å². The van der Waals surface area contributed by atoms with Gasteiger partial charge in [-0.25, -0.2) is 0 Å². The van der Waals surface area contributed by atoms with E-state index >= 15 is 0 Å². The zero-order valence-electron chi connectivity index (χ0n) is 16.9. The number of hydrogen-bond donors (Lipinski definition) is 5. The van der Waals surface area contributed by atoms with Crippen LogP contribution in [-0.4, -0.2) is 51.4 Å². The Labute approximate surface area is 171 Å². The largest absolute Gasteiger partial charge is 0.398 e. The predicted octanol–water partition coefficient (Wildman–Crippen LogP) is 1.89. The third kappa shape index (κ3) is 4.63. The molecule has 3 rings (SSSR count). The number of aliphatic hydroxyl groups is 4. The third-order valence-corrected chi connectivity index (χ3v) is 5.94. The number of ether oxygens (including phenoxy) is 1. The molecule has 6 nitrogen and oxygen atoms in total. The number of rotatable bonds is 6. The summed E-state index contributed by atoms with van der Waals surface area (Å²) >= 11 is 0. The Balaban J connectivity index is 1.82. The molecule has 0 saturated carbocycles. The van der Waals surface area contributed by atoms with Crippen LogP contribution < -0.4 is 5.73 Å². The molecule has 1 saturated heterocycles. The fourth-order valence-electron chi connectivity index (χ4n) is 3.75. The molecule has 0 radical (unpaired) electrons. The van der Waals surface area contributed by atoms with Gasteiger partial charge >= 0.3 is 0 Å². The lowest BCUT2D eigenvalue weighted by Crippen LogP contribution is -2.55. The van der Waals surface area contributed by atoms with Gasteiger partial charge in [0.1, 0.15) is 30.5 Å². The maximum absolute atomic E-state index is 10.4. The fraction of sp³-hybridized carbons (Fsp3) is 0.478. The first-order chi connectivity index (χ1) is 13.8. The second-order valence-corrected chi connectivity index (χ2v) is 7.94. The molecule has 0 bridgehead atoms. The highest BCUT2D eigenvalue weighted by Gasteiger charge is 2.43. The molecule has 158 valence electrons. The smallest absolute Gasteiger partial charge is 0.113 e. The first-order valence-corrected chi connectivity index (χ1v) is 10.1. The third-order valence-electron chi connectivity index (χ3n) is 5.94. The molecule has 0 spiro atoms. The summed E-state index contributed by atoms with van der Waals surface area (Å²) in [6, 6.07) is 13.8. The average Bonchev–Trinajstić information content (AvgIpc) is 2.74. The number of nitrogens with two attached hydrogens (primary N) is 1. The van der Waals surface area contributed by atoms with Gasteiger partial charge in [0.15, 0.2) is 0 Å². The van der Waals surface area contributed by atoms with Crippen molar-refractivity contribution in [3.63, 3.8) is 0 Å². The molecule has 1 heterocycles. The van der Waals surface area contributed by atoms with Gasteiger partial charge in [-0.15, -0.1) is 0 Å². The second kappa shape index (κ2) is 9.24. The maximum atomic E-state index is 10.4. The minimum Gasteiger partial charge on any atom is -0.398 e. The number of nitrogen functional groups attached to an aromatic ring is 1. The van der Waals surface area contributed by atoms with Crippen molar-refractivity contribution in [2.75, 3.05) is 12.3 Å². The predicted molar refractivity (Wildman–Crippen MR) is 112 cm³/mol. The summed E-state index contributed by atoms with van der Waals surface area (Å²) in [4.78, 5) is 0. The van der Waals surface area contributed by atoms with Crippen molar-refractivity contribution >= 4 is 5.69 Å². The fourth-order valence-corrected chi connectivity index (χ4v) is 3.75. The quantitative estimate of drug-likeness (QED) is 0.472. The molecule has 0 amide bonds. The van der Waals surface area contributed by atoms with Crippen LogP contribution in [0.3, 0.4) is 0 Å². The van der Waals surface area contributed by atoms with Gasteiger partial charge in [-0.3, -0.25) is 0 Å². The minimum absolute atomic E-state index is 0.453. The Hall–Kier alpha value is -1.96. The van der Waals surface area contributed by atoms with E-state index in [9.17, 15) is 20.4 Å². The summed E-state index contributed by atoms with van der Waals surface area (Å²) < 4.78 is 5.67. The van der Waals surface area contributed by atoms with Crippen LogP contribution in [0.2, 0.25) is 0 Å². The van der Waals surface area contributed by atoms with Crippen molar-refractivity contribution < 1.29 is 25.2 Å². The van der Waals surface area contributed by atoms with Gasteiger partial charge in [-0.1, -0.05) is 50.2 Å². The van der Waals surface area contributed by atoms with E-state index in [1.165, 1.54) is 5.56 Å². The number of hydrogen-bond acceptors (Lipinski definition) is 6. The highest BCUT2D eigenvalue weighted by molar-refractivity contribution is 5.51. The minimum atomic E-state index is -1.40. The van der Waals surface area contributed by atoms with E-state index in [4.69, 9.17) is 10.5 Å². The Morgan fingerprint density at radius 1 is 1.00 bits per heavy atom. The molecule has 1 fully saturated rings. The molecule has 29 heavy (non-hydrogen) atoms. The van der Waals surface area contributed by atoms with Crippen molar-refractivity contribution in [3.05, 3.63) is 64.7 Å². The standard InChI is InChI=1S/C23H31NO5/c1-3-13(2)15-6-4-14(5-7-15)10-17-11-16(8-9-18(17)24)23-22(28)21(27)20(26)19(12-25)29-23/h4-9,11,13,19-23,25-28H,3,10,12,24H2,1-2H3/t13?,19-,20-,21+,22-,23+/m1/s1. The van der Waals surface area contributed by atoms with Gasteiger partial charge in [0.25, 0.3) is 0 Å². The second-order valence-electron chi connectivity index (χ2n) is 7.94. The Bertz CT molecular complexity index is 807. The molecule has 1 aliphatic rings. The maximum Gasteiger partial charge on any atom is 0.113 e. The molecule has 2 aromatic rings. The van der Waals surface area contributed by atoms with Crippen molar-refractivity contribution in [1.82, 2.24) is 0 Å². The van der Waals surface area contributed by atoms with E-state index in [2.05, 4.69) is 38.1 Å². The van der Waals surface area contributed by atoms with Gasteiger partial charge in [0.2, 0.25) is 0 Å². The summed E-state index contributed by atoms with van der Waals surface area (Å²) in [6.07, 6.45) is -4.17. The topological polar surface area (TPSA) is 116 Å². The van der Waals surface area contributed by atoms with E-state index in [0.717, 1.165) is 17.5 Å². The number of benzene rings is 2. The normalized spacial score (nSPS) is 28.3. The van der Waals surface area contributed by atoms with Crippen LogP contribution in [0.15, 0.2) is 42.5 Å². The van der Waals surface area contributed by atoms with E-state index in [1.807, 2.05) is 6.07 Å². The van der Waals surface area contributed by atoms with E-state index in [-0.39, 0.29) is 0 Å². The molecule has 6 N–H and O–H groups in total. The zero-order chi connectivity index (χ0) is 21.1. The van der Waals surface area contributed by atoms with Gasteiger partial charge < -0.3 is 30.9 Å². The van der Waals surface area contributed by atoms with E-state index < -0.39 is 37.1 Å². The van der Waals surface area contributed by atoms with Crippen molar-refractivity contribution in [2.45, 2.75) is 63.1 Å². The van der Waals surface area contributed by atoms with Crippen molar-refractivity contribution in [1.29, 1.82) is 0 Å². The van der Waals surface area contributed by atoms with Crippen molar-refractivity contribution in [2.24, 2.45) is 0 Å². The van der Waals surface area contributed by atoms with E-state index in [0.29, 0.717) is 23.6 Å². The molecule has 2 aromatic carbocycles. The summed E-state index contributed by atoms with van der Waals surface area (Å²) in [6.45, 7) is 3.92. The Kier molecular flexibility index (Phi) is 6.93. The lowest BCUT2D eigenvalue weighted by Gasteiger charge is -2.40. The van der Waals surface area contributed by atoms with Gasteiger partial charge in [-0.05, 0) is 47.1 Å². The first-order valence-electron chi connectivity index (χ1n) is 10.1. The van der Waals surface area contributed by atoms with E-state index in [1.54, 1.807) is 12.1 Å². The van der Waals surface area contributed by atoms with Crippen LogP contribution in [-0.2, 0) is 11.2 Å². The van der Waals surface area contributed by atoms with Crippen LogP contribution in [0.5, 0.6) is 0 Å². The number of aliphatic hydroxyl groups excluding tert-OH is 4. The summed E-state index contributed by atoms with van der Waals surface area (Å²) in [7, 11) is 0. The Morgan fingerprint density at radius 2 is 1.69 bits per heavy atom. The van der Waals surface area contributed by atoms with Gasteiger partial charge in [0, 0.05) is 5.69 Å². The summed E-state index contributed by atoms with van der Waals surface area (Å²) in [5.41, 5.74) is 10.8. The number of anilines is 1. The molecular formula is C23H31NO5. The lowest BCUT2D eigenvalue weighted by atomic mass is 9.89. The monoisotopic (exact) mass is 401 g/mol. The van der Waals surface area contributed by atoms with Crippen LogP contribution in [0.1, 0.15) is 54.5 Å².